The molecule has 0 amide bonds. The summed E-state index contributed by atoms with van der Waals surface area (Å²) in [5.74, 6) is 2.28. The van der Waals surface area contributed by atoms with Crippen molar-refractivity contribution in [3.63, 3.8) is 0 Å². The minimum atomic E-state index is -0.955. The molecule has 1 heterocycles. The first kappa shape index (κ1) is 14.8. The van der Waals surface area contributed by atoms with E-state index in [1.807, 2.05) is 31.2 Å². The van der Waals surface area contributed by atoms with E-state index in [0.717, 1.165) is 11.1 Å². The van der Waals surface area contributed by atoms with Gasteiger partial charge in [-0.05, 0) is 12.5 Å². The number of terminal acetylenes is 1. The molecule has 21 heavy (non-hydrogen) atoms. The molecule has 0 atom stereocenters. The molecule has 0 aliphatic rings. The van der Waals surface area contributed by atoms with Crippen molar-refractivity contribution in [2.24, 2.45) is 0 Å². The first-order chi connectivity index (χ1) is 10.1. The lowest BCUT2D eigenvalue weighted by Crippen LogP contribution is -2.29. The highest BCUT2D eigenvalue weighted by atomic mass is 16.5. The molecule has 6 heteroatoms. The van der Waals surface area contributed by atoms with Crippen LogP contribution < -0.4 is 0 Å². The van der Waals surface area contributed by atoms with Crippen LogP contribution in [0.1, 0.15) is 11.5 Å². The van der Waals surface area contributed by atoms with Crippen molar-refractivity contribution in [2.75, 3.05) is 13.1 Å². The average Bonchev–Trinajstić information content (AvgIpc) is 2.87. The number of carboxylic acid groups (broad SMARTS) is 1. The summed E-state index contributed by atoms with van der Waals surface area (Å²) in [7, 11) is 0. The summed E-state index contributed by atoms with van der Waals surface area (Å²) in [4.78, 5) is 16.6. The summed E-state index contributed by atoms with van der Waals surface area (Å²) in [6, 6.07) is 7.69. The molecule has 0 unspecified atom stereocenters. The minimum Gasteiger partial charge on any atom is -0.480 e. The van der Waals surface area contributed by atoms with Gasteiger partial charge in [-0.3, -0.25) is 9.69 Å². The van der Waals surface area contributed by atoms with Gasteiger partial charge in [-0.15, -0.1) is 6.42 Å². The maximum atomic E-state index is 10.8. The zero-order valence-corrected chi connectivity index (χ0v) is 11.6. The summed E-state index contributed by atoms with van der Waals surface area (Å²) >= 11 is 0. The third-order valence-electron chi connectivity index (χ3n) is 2.89. The summed E-state index contributed by atoms with van der Waals surface area (Å²) in [6.45, 7) is 2.19. The van der Waals surface area contributed by atoms with Gasteiger partial charge in [-0.1, -0.05) is 35.3 Å². The number of rotatable bonds is 6. The lowest BCUT2D eigenvalue weighted by molar-refractivity contribution is -0.138. The van der Waals surface area contributed by atoms with Crippen molar-refractivity contribution in [3.05, 3.63) is 35.7 Å². The topological polar surface area (TPSA) is 79.5 Å². The van der Waals surface area contributed by atoms with Crippen molar-refractivity contribution in [3.8, 4) is 23.7 Å². The molecule has 0 saturated carbocycles. The molecule has 0 radical (unpaired) electrons. The maximum Gasteiger partial charge on any atom is 0.317 e. The number of hydrogen-bond donors (Lipinski definition) is 1. The van der Waals surface area contributed by atoms with Crippen molar-refractivity contribution in [2.45, 2.75) is 13.5 Å². The molecule has 0 bridgehead atoms. The first-order valence-electron chi connectivity index (χ1n) is 6.36. The molecule has 0 aliphatic heterocycles. The SMILES string of the molecule is C#CCN(CC(=O)O)Cc1nc(-c2ccccc2C)no1. The van der Waals surface area contributed by atoms with E-state index >= 15 is 0 Å². The van der Waals surface area contributed by atoms with Crippen LogP contribution in [0.4, 0.5) is 0 Å². The van der Waals surface area contributed by atoms with E-state index in [-0.39, 0.29) is 19.6 Å². The fraction of sp³-hybridized carbons (Fsp3) is 0.267. The van der Waals surface area contributed by atoms with Crippen LogP contribution in [0.15, 0.2) is 28.8 Å². The lowest BCUT2D eigenvalue weighted by Gasteiger charge is -2.13. The number of aliphatic carboxylic acids is 1. The Morgan fingerprint density at radius 1 is 1.48 bits per heavy atom. The van der Waals surface area contributed by atoms with E-state index in [9.17, 15) is 4.79 Å². The van der Waals surface area contributed by atoms with Gasteiger partial charge in [0.05, 0.1) is 19.6 Å². The third-order valence-corrected chi connectivity index (χ3v) is 2.89. The van der Waals surface area contributed by atoms with Crippen molar-refractivity contribution in [1.82, 2.24) is 15.0 Å². The van der Waals surface area contributed by atoms with Crippen LogP contribution in [0.2, 0.25) is 0 Å². The van der Waals surface area contributed by atoms with Crippen molar-refractivity contribution in [1.29, 1.82) is 0 Å². The predicted octanol–water partition coefficient (Wildman–Crippen LogP) is 1.56. The Morgan fingerprint density at radius 2 is 2.24 bits per heavy atom. The molecule has 1 aromatic heterocycles. The number of carbonyl (C=O) groups is 1. The van der Waals surface area contributed by atoms with Gasteiger partial charge in [-0.25, -0.2) is 0 Å². The van der Waals surface area contributed by atoms with Gasteiger partial charge in [0, 0.05) is 5.56 Å². The molecule has 0 aliphatic carbocycles. The predicted molar refractivity (Wildman–Crippen MR) is 76.2 cm³/mol. The summed E-state index contributed by atoms with van der Waals surface area (Å²) in [5.41, 5.74) is 1.92. The summed E-state index contributed by atoms with van der Waals surface area (Å²) in [6.07, 6.45) is 5.22. The average molecular weight is 285 g/mol. The molecule has 0 fully saturated rings. The van der Waals surface area contributed by atoms with Crippen molar-refractivity contribution < 1.29 is 14.4 Å². The van der Waals surface area contributed by atoms with Crippen LogP contribution in [0.5, 0.6) is 0 Å². The molecule has 108 valence electrons. The molecular weight excluding hydrogens is 270 g/mol. The zero-order valence-electron chi connectivity index (χ0n) is 11.6. The number of nitrogens with zero attached hydrogens (tertiary/aromatic N) is 3. The highest BCUT2D eigenvalue weighted by Crippen LogP contribution is 2.20. The van der Waals surface area contributed by atoms with E-state index in [2.05, 4.69) is 16.1 Å². The molecule has 2 rings (SSSR count). The van der Waals surface area contributed by atoms with Crippen LogP contribution in [0, 0.1) is 19.3 Å². The van der Waals surface area contributed by atoms with Crippen LogP contribution in [-0.2, 0) is 11.3 Å². The molecule has 0 spiro atoms. The van der Waals surface area contributed by atoms with E-state index in [4.69, 9.17) is 16.1 Å². The van der Waals surface area contributed by atoms with E-state index in [0.29, 0.717) is 11.7 Å². The number of aryl methyl sites for hydroxylation is 1. The van der Waals surface area contributed by atoms with Crippen molar-refractivity contribution >= 4 is 5.97 Å². The quantitative estimate of drug-likeness (QED) is 0.811. The molecule has 0 saturated heterocycles. The second kappa shape index (κ2) is 6.68. The van der Waals surface area contributed by atoms with Crippen LogP contribution >= 0.6 is 0 Å². The van der Waals surface area contributed by atoms with Crippen LogP contribution in [0.25, 0.3) is 11.4 Å². The van der Waals surface area contributed by atoms with Gasteiger partial charge in [0.1, 0.15) is 0 Å². The smallest absolute Gasteiger partial charge is 0.317 e. The maximum absolute atomic E-state index is 10.8. The van der Waals surface area contributed by atoms with Crippen LogP contribution in [-0.4, -0.2) is 39.2 Å². The van der Waals surface area contributed by atoms with Gasteiger partial charge in [0.15, 0.2) is 0 Å². The second-order valence-corrected chi connectivity index (χ2v) is 4.57. The fourth-order valence-corrected chi connectivity index (χ4v) is 1.93. The molecule has 6 nitrogen and oxygen atoms in total. The number of carboxylic acids is 1. The van der Waals surface area contributed by atoms with Gasteiger partial charge >= 0.3 is 5.97 Å². The summed E-state index contributed by atoms with van der Waals surface area (Å²) in [5, 5.41) is 12.8. The fourth-order valence-electron chi connectivity index (χ4n) is 1.93. The Morgan fingerprint density at radius 3 is 2.90 bits per heavy atom. The van der Waals surface area contributed by atoms with Gasteiger partial charge < -0.3 is 9.63 Å². The third kappa shape index (κ3) is 3.91. The molecule has 2 aromatic rings. The number of hydrogen-bond acceptors (Lipinski definition) is 5. The minimum absolute atomic E-state index is 0.174. The number of benzene rings is 1. The number of aromatic nitrogens is 2. The van der Waals surface area contributed by atoms with Crippen LogP contribution in [0.3, 0.4) is 0 Å². The highest BCUT2D eigenvalue weighted by molar-refractivity contribution is 5.69. The first-order valence-corrected chi connectivity index (χ1v) is 6.36. The Bertz CT molecular complexity index is 673. The molecular formula is C15H15N3O3. The van der Waals surface area contributed by atoms with E-state index in [1.165, 1.54) is 4.90 Å². The largest absolute Gasteiger partial charge is 0.480 e. The Labute approximate surface area is 122 Å². The van der Waals surface area contributed by atoms with Gasteiger partial charge in [0.25, 0.3) is 0 Å². The Hall–Kier alpha value is -2.65. The monoisotopic (exact) mass is 285 g/mol. The summed E-state index contributed by atoms with van der Waals surface area (Å²) < 4.78 is 5.17. The standard InChI is InChI=1S/C15H15N3O3/c1-3-8-18(10-14(19)20)9-13-16-15(17-21-13)12-7-5-4-6-11(12)2/h1,4-7H,8-10H2,2H3,(H,19,20). The zero-order chi connectivity index (χ0) is 15.2. The molecule has 1 aromatic carbocycles. The Balaban J connectivity index is 2.14. The molecule has 1 N–H and O–H groups in total. The highest BCUT2D eigenvalue weighted by Gasteiger charge is 2.15. The Kier molecular flexibility index (Phi) is 4.69. The normalized spacial score (nSPS) is 10.5. The second-order valence-electron chi connectivity index (χ2n) is 4.57. The van der Waals surface area contributed by atoms with Gasteiger partial charge in [-0.2, -0.15) is 4.98 Å². The van der Waals surface area contributed by atoms with Gasteiger partial charge in [0.2, 0.25) is 11.7 Å². The van der Waals surface area contributed by atoms with E-state index in [1.54, 1.807) is 0 Å². The van der Waals surface area contributed by atoms with E-state index < -0.39 is 5.97 Å². The lowest BCUT2D eigenvalue weighted by atomic mass is 10.1.